The Morgan fingerprint density at radius 2 is 1.14 bits per heavy atom. The summed E-state index contributed by atoms with van der Waals surface area (Å²) in [6, 6.07) is 0. The van der Waals surface area contributed by atoms with E-state index >= 15 is 0 Å². The Kier molecular flexibility index (Phi) is 18.0. The molecular weight excluding hydrogens is 280 g/mol. The first-order valence-corrected chi connectivity index (χ1v) is 9.89. The van der Waals surface area contributed by atoms with Gasteiger partial charge in [-0.25, -0.2) is 0 Å². The first-order chi connectivity index (χ1) is 10.3. The van der Waals surface area contributed by atoms with Crippen LogP contribution in [0.5, 0.6) is 0 Å². The predicted octanol–water partition coefficient (Wildman–Crippen LogP) is 6.91. The summed E-state index contributed by atoms with van der Waals surface area (Å²) in [7, 11) is 0. The lowest BCUT2D eigenvalue weighted by Gasteiger charge is -2.07. The van der Waals surface area contributed by atoms with Crippen LogP contribution in [-0.4, -0.2) is 12.2 Å². The number of hydrogen-bond acceptors (Lipinski definition) is 1. The molecule has 1 unspecified atom stereocenters. The van der Waals surface area contributed by atoms with E-state index in [4.69, 9.17) is 11.6 Å². The summed E-state index contributed by atoms with van der Waals surface area (Å²) in [6.45, 7) is 2.27. The third-order valence-corrected chi connectivity index (χ3v) is 4.57. The highest BCUT2D eigenvalue weighted by atomic mass is 35.5. The molecule has 0 aromatic heterocycles. The molecular formula is C19H37ClO. The van der Waals surface area contributed by atoms with E-state index in [0.717, 1.165) is 19.1 Å². The topological polar surface area (TPSA) is 17.1 Å². The van der Waals surface area contributed by atoms with Crippen LogP contribution in [0.4, 0.5) is 0 Å². The molecule has 21 heavy (non-hydrogen) atoms. The van der Waals surface area contributed by atoms with Gasteiger partial charge in [-0.3, -0.25) is 0 Å². The van der Waals surface area contributed by atoms with E-state index in [0.29, 0.717) is 5.88 Å². The van der Waals surface area contributed by atoms with E-state index in [9.17, 15) is 4.79 Å². The number of carbonyl (C=O) groups is 1. The molecule has 0 aliphatic heterocycles. The summed E-state index contributed by atoms with van der Waals surface area (Å²) in [4.78, 5) is 10.8. The van der Waals surface area contributed by atoms with Crippen LogP contribution >= 0.6 is 11.6 Å². The monoisotopic (exact) mass is 316 g/mol. The molecule has 0 rings (SSSR count). The van der Waals surface area contributed by atoms with Crippen molar-refractivity contribution in [1.82, 2.24) is 0 Å². The molecule has 0 fully saturated rings. The fourth-order valence-electron chi connectivity index (χ4n) is 2.84. The number of rotatable bonds is 17. The van der Waals surface area contributed by atoms with Crippen LogP contribution in [0.2, 0.25) is 0 Å². The zero-order valence-corrected chi connectivity index (χ0v) is 15.0. The molecule has 126 valence electrons. The minimum absolute atomic E-state index is 0.204. The lowest BCUT2D eigenvalue weighted by molar-refractivity contribution is -0.111. The van der Waals surface area contributed by atoms with Crippen LogP contribution in [-0.2, 0) is 4.79 Å². The van der Waals surface area contributed by atoms with E-state index in [1.165, 1.54) is 83.5 Å². The van der Waals surface area contributed by atoms with Gasteiger partial charge in [-0.05, 0) is 12.8 Å². The zero-order valence-electron chi connectivity index (χ0n) is 14.3. The molecule has 1 nitrogen and oxygen atoms in total. The van der Waals surface area contributed by atoms with Gasteiger partial charge in [-0.15, -0.1) is 11.6 Å². The number of unbranched alkanes of at least 4 members (excludes halogenated alkanes) is 12. The quantitative estimate of drug-likeness (QED) is 0.162. The molecule has 0 saturated heterocycles. The minimum atomic E-state index is 0.204. The summed E-state index contributed by atoms with van der Waals surface area (Å²) < 4.78 is 0. The van der Waals surface area contributed by atoms with Crippen LogP contribution in [0.15, 0.2) is 0 Å². The molecule has 2 heteroatoms. The molecule has 0 aliphatic rings. The Morgan fingerprint density at radius 3 is 1.52 bits per heavy atom. The summed E-state index contributed by atoms with van der Waals surface area (Å²) >= 11 is 5.67. The highest BCUT2D eigenvalue weighted by molar-refractivity contribution is 6.17. The Labute approximate surface area is 138 Å². The summed E-state index contributed by atoms with van der Waals surface area (Å²) in [5, 5.41) is 0. The maximum Gasteiger partial charge on any atom is 0.123 e. The van der Waals surface area contributed by atoms with E-state index in [-0.39, 0.29) is 5.92 Å². The molecule has 0 spiro atoms. The van der Waals surface area contributed by atoms with Gasteiger partial charge >= 0.3 is 0 Å². The lowest BCUT2D eigenvalue weighted by atomic mass is 9.99. The minimum Gasteiger partial charge on any atom is -0.303 e. The van der Waals surface area contributed by atoms with Crippen LogP contribution < -0.4 is 0 Å². The lowest BCUT2D eigenvalue weighted by Crippen LogP contribution is -2.02. The fourth-order valence-corrected chi connectivity index (χ4v) is 3.13. The van der Waals surface area contributed by atoms with Crippen molar-refractivity contribution in [2.24, 2.45) is 5.92 Å². The molecule has 0 N–H and O–H groups in total. The SMILES string of the molecule is CCCCCCCCCCCCCCCC(C=O)CCCl. The first-order valence-electron chi connectivity index (χ1n) is 9.36. The van der Waals surface area contributed by atoms with Gasteiger partial charge in [-0.2, -0.15) is 0 Å². The number of carbonyl (C=O) groups excluding carboxylic acids is 1. The number of halogens is 1. The number of alkyl halides is 1. The second-order valence-corrected chi connectivity index (χ2v) is 6.78. The van der Waals surface area contributed by atoms with Crippen LogP contribution in [0.1, 0.15) is 103 Å². The van der Waals surface area contributed by atoms with Crippen molar-refractivity contribution in [1.29, 1.82) is 0 Å². The normalized spacial score (nSPS) is 12.5. The van der Waals surface area contributed by atoms with Crippen LogP contribution in [0, 0.1) is 5.92 Å². The molecule has 0 aromatic carbocycles. The van der Waals surface area contributed by atoms with Gasteiger partial charge in [0, 0.05) is 11.8 Å². The standard InChI is InChI=1S/C19H37ClO/c1-2-3-4-5-6-7-8-9-10-11-12-13-14-15-19(18-21)16-17-20/h18-19H,2-17H2,1H3. The summed E-state index contributed by atoms with van der Waals surface area (Å²) in [6.07, 6.45) is 20.9. The van der Waals surface area contributed by atoms with Crippen molar-refractivity contribution >= 4 is 17.9 Å². The van der Waals surface area contributed by atoms with E-state index in [1.807, 2.05) is 0 Å². The Balaban J connectivity index is 3.10. The van der Waals surface area contributed by atoms with Crippen molar-refractivity contribution < 1.29 is 4.79 Å². The van der Waals surface area contributed by atoms with Gasteiger partial charge < -0.3 is 4.79 Å². The van der Waals surface area contributed by atoms with Gasteiger partial charge in [-0.1, -0.05) is 90.4 Å². The van der Waals surface area contributed by atoms with Crippen molar-refractivity contribution in [2.45, 2.75) is 103 Å². The molecule has 1 atom stereocenters. The van der Waals surface area contributed by atoms with Gasteiger partial charge in [0.05, 0.1) is 0 Å². The highest BCUT2D eigenvalue weighted by Crippen LogP contribution is 2.15. The summed E-state index contributed by atoms with van der Waals surface area (Å²) in [5.41, 5.74) is 0. The average Bonchev–Trinajstić information content (AvgIpc) is 2.50. The molecule has 0 aromatic rings. The van der Waals surface area contributed by atoms with E-state index < -0.39 is 0 Å². The summed E-state index contributed by atoms with van der Waals surface area (Å²) in [5.74, 6) is 0.817. The highest BCUT2D eigenvalue weighted by Gasteiger charge is 2.05. The average molecular weight is 317 g/mol. The van der Waals surface area contributed by atoms with Gasteiger partial charge in [0.1, 0.15) is 6.29 Å². The van der Waals surface area contributed by atoms with Crippen LogP contribution in [0.3, 0.4) is 0 Å². The molecule has 0 radical (unpaired) electrons. The van der Waals surface area contributed by atoms with Crippen molar-refractivity contribution in [3.63, 3.8) is 0 Å². The van der Waals surface area contributed by atoms with Crippen molar-refractivity contribution in [2.75, 3.05) is 5.88 Å². The number of hydrogen-bond donors (Lipinski definition) is 0. The molecule has 0 saturated carbocycles. The fraction of sp³-hybridized carbons (Fsp3) is 0.947. The Morgan fingerprint density at radius 1 is 0.714 bits per heavy atom. The third kappa shape index (κ3) is 16.2. The molecule has 0 aliphatic carbocycles. The van der Waals surface area contributed by atoms with Gasteiger partial charge in [0.15, 0.2) is 0 Å². The van der Waals surface area contributed by atoms with Gasteiger partial charge in [0.25, 0.3) is 0 Å². The molecule has 0 bridgehead atoms. The van der Waals surface area contributed by atoms with E-state index in [1.54, 1.807) is 0 Å². The smallest absolute Gasteiger partial charge is 0.123 e. The second kappa shape index (κ2) is 18.0. The molecule has 0 heterocycles. The maximum absolute atomic E-state index is 10.8. The van der Waals surface area contributed by atoms with Crippen molar-refractivity contribution in [3.8, 4) is 0 Å². The predicted molar refractivity (Wildman–Crippen MR) is 95.2 cm³/mol. The van der Waals surface area contributed by atoms with Gasteiger partial charge in [0.2, 0.25) is 0 Å². The zero-order chi connectivity index (χ0) is 15.6. The third-order valence-electron chi connectivity index (χ3n) is 4.35. The van der Waals surface area contributed by atoms with E-state index in [2.05, 4.69) is 6.92 Å². The van der Waals surface area contributed by atoms with Crippen LogP contribution in [0.25, 0.3) is 0 Å². The largest absolute Gasteiger partial charge is 0.303 e. The molecule has 0 amide bonds. The van der Waals surface area contributed by atoms with Crippen molar-refractivity contribution in [3.05, 3.63) is 0 Å². The maximum atomic E-state index is 10.8. The number of aldehydes is 1. The first kappa shape index (κ1) is 21.0. The Bertz CT molecular complexity index is 206. The Hall–Kier alpha value is -0.0400. The second-order valence-electron chi connectivity index (χ2n) is 6.41.